The second-order valence-electron chi connectivity index (χ2n) is 4.69. The molecule has 6 heteroatoms. The maximum Gasteiger partial charge on any atom is 0.220 e. The molecule has 1 fully saturated rings. The Kier molecular flexibility index (Phi) is 4.42. The van der Waals surface area contributed by atoms with Gasteiger partial charge in [0.1, 0.15) is 4.99 Å². The number of anilines is 1. The normalized spacial score (nSPS) is 16.4. The van der Waals surface area contributed by atoms with Crippen LogP contribution in [-0.4, -0.2) is 24.0 Å². The number of hydrogen-bond donors (Lipinski definition) is 2. The molecule has 2 rings (SSSR count). The molecule has 0 aliphatic carbocycles. The Balaban J connectivity index is 2.10. The van der Waals surface area contributed by atoms with Crippen molar-refractivity contribution in [2.45, 2.75) is 12.8 Å². The summed E-state index contributed by atoms with van der Waals surface area (Å²) in [6, 6.07) is 5.94. The molecule has 19 heavy (non-hydrogen) atoms. The highest BCUT2D eigenvalue weighted by Gasteiger charge is 2.23. The number of hydrogen-bond acceptors (Lipinski definition) is 3. The van der Waals surface area contributed by atoms with Crippen LogP contribution in [0.15, 0.2) is 22.7 Å². The van der Waals surface area contributed by atoms with E-state index in [1.54, 1.807) is 0 Å². The highest BCUT2D eigenvalue weighted by molar-refractivity contribution is 9.10. The van der Waals surface area contributed by atoms with Crippen LogP contribution in [0.25, 0.3) is 0 Å². The van der Waals surface area contributed by atoms with Gasteiger partial charge in [-0.2, -0.15) is 0 Å². The van der Waals surface area contributed by atoms with Gasteiger partial charge < -0.3 is 16.4 Å². The van der Waals surface area contributed by atoms with E-state index in [1.807, 2.05) is 18.2 Å². The molecule has 1 amide bonds. The molecule has 1 aliphatic rings. The first-order valence-electron chi connectivity index (χ1n) is 6.12. The van der Waals surface area contributed by atoms with Crippen LogP contribution in [0, 0.1) is 5.92 Å². The summed E-state index contributed by atoms with van der Waals surface area (Å²) in [6.07, 6.45) is 1.62. The van der Waals surface area contributed by atoms with Gasteiger partial charge in [-0.25, -0.2) is 0 Å². The Bertz CT molecular complexity index is 513. The zero-order chi connectivity index (χ0) is 14.0. The average Bonchev–Trinajstić information content (AvgIpc) is 2.38. The SMILES string of the molecule is NC(=O)C1CCN(c2ccc(C(N)=S)c(Br)c2)CC1. The smallest absolute Gasteiger partial charge is 0.220 e. The predicted molar refractivity (Wildman–Crippen MR) is 84.2 cm³/mol. The molecule has 0 saturated carbocycles. The first-order chi connectivity index (χ1) is 8.99. The van der Waals surface area contributed by atoms with Crippen molar-refractivity contribution in [2.75, 3.05) is 18.0 Å². The fourth-order valence-electron chi connectivity index (χ4n) is 2.32. The first-order valence-corrected chi connectivity index (χ1v) is 7.33. The topological polar surface area (TPSA) is 72.4 Å². The molecule has 0 unspecified atom stereocenters. The fraction of sp³-hybridized carbons (Fsp3) is 0.385. The number of rotatable bonds is 3. The quantitative estimate of drug-likeness (QED) is 0.822. The van der Waals surface area contributed by atoms with Crippen molar-refractivity contribution in [3.63, 3.8) is 0 Å². The molecule has 0 spiro atoms. The third kappa shape index (κ3) is 3.25. The van der Waals surface area contributed by atoms with Gasteiger partial charge in [0.2, 0.25) is 5.91 Å². The summed E-state index contributed by atoms with van der Waals surface area (Å²) >= 11 is 8.46. The molecule has 0 aromatic heterocycles. The second-order valence-corrected chi connectivity index (χ2v) is 5.99. The molecule has 0 bridgehead atoms. The summed E-state index contributed by atoms with van der Waals surface area (Å²) in [7, 11) is 0. The number of carbonyl (C=O) groups is 1. The van der Waals surface area contributed by atoms with E-state index >= 15 is 0 Å². The highest BCUT2D eigenvalue weighted by Crippen LogP contribution is 2.27. The molecule has 4 N–H and O–H groups in total. The zero-order valence-electron chi connectivity index (χ0n) is 10.4. The van der Waals surface area contributed by atoms with Gasteiger partial charge in [-0.3, -0.25) is 4.79 Å². The van der Waals surface area contributed by atoms with Crippen molar-refractivity contribution in [1.82, 2.24) is 0 Å². The Morgan fingerprint density at radius 1 is 1.32 bits per heavy atom. The minimum absolute atomic E-state index is 0.00980. The van der Waals surface area contributed by atoms with Gasteiger partial charge in [-0.15, -0.1) is 0 Å². The molecule has 1 aromatic carbocycles. The summed E-state index contributed by atoms with van der Waals surface area (Å²) in [4.78, 5) is 13.8. The minimum Gasteiger partial charge on any atom is -0.389 e. The van der Waals surface area contributed by atoms with E-state index < -0.39 is 0 Å². The standard InChI is InChI=1S/C13H16BrN3OS/c14-11-7-9(1-2-10(11)13(16)19)17-5-3-8(4-6-17)12(15)18/h1-2,7-8H,3-6H2,(H2,15,18)(H2,16,19). The van der Waals surface area contributed by atoms with Crippen molar-refractivity contribution in [3.05, 3.63) is 28.2 Å². The summed E-state index contributed by atoms with van der Waals surface area (Å²) in [5, 5.41) is 0. The van der Waals surface area contributed by atoms with Gasteiger partial charge in [-0.1, -0.05) is 12.2 Å². The van der Waals surface area contributed by atoms with E-state index in [4.69, 9.17) is 23.7 Å². The van der Waals surface area contributed by atoms with Crippen molar-refractivity contribution in [2.24, 2.45) is 17.4 Å². The van der Waals surface area contributed by atoms with Crippen LogP contribution >= 0.6 is 28.1 Å². The number of halogens is 1. The summed E-state index contributed by atoms with van der Waals surface area (Å²) in [5.41, 5.74) is 12.9. The third-order valence-electron chi connectivity index (χ3n) is 3.48. The maximum absolute atomic E-state index is 11.1. The van der Waals surface area contributed by atoms with Crippen molar-refractivity contribution in [1.29, 1.82) is 0 Å². The highest BCUT2D eigenvalue weighted by atomic mass is 79.9. The number of amides is 1. The Morgan fingerprint density at radius 2 is 1.95 bits per heavy atom. The number of thiocarbonyl (C=S) groups is 1. The van der Waals surface area contributed by atoms with Gasteiger partial charge >= 0.3 is 0 Å². The molecule has 0 radical (unpaired) electrons. The number of primary amides is 1. The van der Waals surface area contributed by atoms with E-state index in [9.17, 15) is 4.79 Å². The average molecular weight is 342 g/mol. The van der Waals surface area contributed by atoms with Crippen LogP contribution in [0.4, 0.5) is 5.69 Å². The van der Waals surface area contributed by atoms with E-state index in [2.05, 4.69) is 20.8 Å². The molecule has 1 saturated heterocycles. The van der Waals surface area contributed by atoms with Gasteiger partial charge in [-0.05, 0) is 47.0 Å². The van der Waals surface area contributed by atoms with Gasteiger partial charge in [0, 0.05) is 34.7 Å². The lowest BCUT2D eigenvalue weighted by molar-refractivity contribution is -0.122. The van der Waals surface area contributed by atoms with Crippen LogP contribution in [0.3, 0.4) is 0 Å². The number of benzene rings is 1. The molecule has 4 nitrogen and oxygen atoms in total. The fourth-order valence-corrected chi connectivity index (χ4v) is 3.21. The van der Waals surface area contributed by atoms with Gasteiger partial charge in [0.05, 0.1) is 0 Å². The van der Waals surface area contributed by atoms with Crippen LogP contribution in [0.5, 0.6) is 0 Å². The predicted octanol–water partition coefficient (Wildman–Crippen LogP) is 1.78. The Morgan fingerprint density at radius 3 is 2.42 bits per heavy atom. The molecular formula is C13H16BrN3OS. The molecule has 1 aromatic rings. The van der Waals surface area contributed by atoms with Crippen LogP contribution in [-0.2, 0) is 4.79 Å². The molecule has 1 heterocycles. The molecule has 0 atom stereocenters. The minimum atomic E-state index is -0.190. The Hall–Kier alpha value is -1.14. The van der Waals surface area contributed by atoms with Crippen molar-refractivity contribution >= 4 is 44.7 Å². The molecular weight excluding hydrogens is 326 g/mol. The van der Waals surface area contributed by atoms with E-state index in [1.165, 1.54) is 0 Å². The number of nitrogens with two attached hydrogens (primary N) is 2. The summed E-state index contributed by atoms with van der Waals surface area (Å²) in [5.74, 6) is -0.180. The van der Waals surface area contributed by atoms with Crippen molar-refractivity contribution < 1.29 is 4.79 Å². The largest absolute Gasteiger partial charge is 0.389 e. The lowest BCUT2D eigenvalue weighted by atomic mass is 9.96. The van der Waals surface area contributed by atoms with E-state index in [0.29, 0.717) is 4.99 Å². The second kappa shape index (κ2) is 5.88. The van der Waals surface area contributed by atoms with Crippen LogP contribution in [0.2, 0.25) is 0 Å². The summed E-state index contributed by atoms with van der Waals surface area (Å²) < 4.78 is 0.898. The van der Waals surface area contributed by atoms with E-state index in [-0.39, 0.29) is 11.8 Å². The lowest BCUT2D eigenvalue weighted by Crippen LogP contribution is -2.38. The summed E-state index contributed by atoms with van der Waals surface area (Å²) in [6.45, 7) is 1.68. The van der Waals surface area contributed by atoms with Gasteiger partial charge in [0.25, 0.3) is 0 Å². The molecule has 102 valence electrons. The molecule has 1 aliphatic heterocycles. The first kappa shape index (κ1) is 14.3. The third-order valence-corrected chi connectivity index (χ3v) is 4.36. The lowest BCUT2D eigenvalue weighted by Gasteiger charge is -2.32. The number of nitrogens with zero attached hydrogens (tertiary/aromatic N) is 1. The van der Waals surface area contributed by atoms with Crippen LogP contribution < -0.4 is 16.4 Å². The van der Waals surface area contributed by atoms with Gasteiger partial charge in [0.15, 0.2) is 0 Å². The maximum atomic E-state index is 11.1. The Labute approximate surface area is 126 Å². The number of piperidine rings is 1. The van der Waals surface area contributed by atoms with E-state index in [0.717, 1.165) is 41.7 Å². The zero-order valence-corrected chi connectivity index (χ0v) is 12.8. The monoisotopic (exact) mass is 341 g/mol. The number of carbonyl (C=O) groups excluding carboxylic acids is 1. The van der Waals surface area contributed by atoms with Crippen LogP contribution in [0.1, 0.15) is 18.4 Å². The van der Waals surface area contributed by atoms with Crippen molar-refractivity contribution in [3.8, 4) is 0 Å².